The monoisotopic (exact) mass is 467 g/mol. The van der Waals surface area contributed by atoms with Crippen molar-refractivity contribution in [2.75, 3.05) is 13.2 Å². The summed E-state index contributed by atoms with van der Waals surface area (Å²) < 4.78 is 7.67. The first kappa shape index (κ1) is 23.2. The lowest BCUT2D eigenvalue weighted by molar-refractivity contribution is -0.164. The van der Waals surface area contributed by atoms with Crippen LogP contribution in [0.5, 0.6) is 0 Å². The Bertz CT molecular complexity index is 1160. The molecule has 9 heteroatoms. The number of benzene rings is 1. The van der Waals surface area contributed by atoms with Crippen LogP contribution in [-0.2, 0) is 11.3 Å². The summed E-state index contributed by atoms with van der Waals surface area (Å²) in [6.07, 6.45) is 6.72. The molecular formula is C25H33N5O4. The third-order valence-corrected chi connectivity index (χ3v) is 7.56. The Morgan fingerprint density at radius 2 is 1.85 bits per heavy atom. The van der Waals surface area contributed by atoms with E-state index in [0.29, 0.717) is 18.1 Å². The van der Waals surface area contributed by atoms with Crippen LogP contribution in [0.15, 0.2) is 41.2 Å². The molecule has 0 radical (unpaired) electrons. The van der Waals surface area contributed by atoms with Gasteiger partial charge in [-0.25, -0.2) is 4.98 Å². The summed E-state index contributed by atoms with van der Waals surface area (Å²) in [5.74, 6) is 0.858. The Labute approximate surface area is 198 Å². The minimum Gasteiger partial charge on any atom is -0.396 e. The van der Waals surface area contributed by atoms with Gasteiger partial charge in [0.1, 0.15) is 11.8 Å². The van der Waals surface area contributed by atoms with E-state index in [1.165, 1.54) is 10.6 Å². The fourth-order valence-electron chi connectivity index (χ4n) is 5.16. The third kappa shape index (κ3) is 4.53. The number of fused-ring (bicyclic) bond motifs is 1. The number of aromatic amines is 1. The van der Waals surface area contributed by atoms with E-state index >= 15 is 0 Å². The molecule has 0 saturated heterocycles. The summed E-state index contributed by atoms with van der Waals surface area (Å²) in [6.45, 7) is 0.809. The van der Waals surface area contributed by atoms with Crippen molar-refractivity contribution < 1.29 is 14.9 Å². The molecular weight excluding hydrogens is 434 g/mol. The Kier molecular flexibility index (Phi) is 6.52. The van der Waals surface area contributed by atoms with Crippen molar-refractivity contribution in [3.63, 3.8) is 0 Å². The quantitative estimate of drug-likeness (QED) is 0.356. The smallest absolute Gasteiger partial charge is 0.274 e. The van der Waals surface area contributed by atoms with Gasteiger partial charge in [0.2, 0.25) is 0 Å². The summed E-state index contributed by atoms with van der Waals surface area (Å²) in [6, 6.07) is 11.0. The molecule has 182 valence electrons. The number of ether oxygens (including phenoxy) is 1. The van der Waals surface area contributed by atoms with E-state index in [-0.39, 0.29) is 30.0 Å². The van der Waals surface area contributed by atoms with Gasteiger partial charge >= 0.3 is 0 Å². The summed E-state index contributed by atoms with van der Waals surface area (Å²) in [5.41, 5.74) is 0.220. The number of aromatic nitrogens is 4. The molecule has 0 amide bonds. The highest BCUT2D eigenvalue weighted by molar-refractivity contribution is 5.56. The van der Waals surface area contributed by atoms with E-state index < -0.39 is 11.8 Å². The van der Waals surface area contributed by atoms with Gasteiger partial charge in [0.15, 0.2) is 5.82 Å². The SMILES string of the molecule is O=c1cc(COC2(C(O)NCC3(CO)CCC3)CCCCC2)nc2nc(-c3ccccc3)[nH]n12. The summed E-state index contributed by atoms with van der Waals surface area (Å²) in [7, 11) is 0. The van der Waals surface area contributed by atoms with Crippen molar-refractivity contribution in [2.45, 2.75) is 69.8 Å². The fraction of sp³-hybridized carbons (Fsp3) is 0.560. The number of rotatable bonds is 9. The van der Waals surface area contributed by atoms with Crippen LogP contribution in [0.2, 0.25) is 0 Å². The molecule has 0 bridgehead atoms. The molecule has 2 heterocycles. The van der Waals surface area contributed by atoms with E-state index in [1.807, 2.05) is 30.3 Å². The number of aliphatic hydroxyl groups excluding tert-OH is 2. The average molecular weight is 468 g/mol. The second-order valence-electron chi connectivity index (χ2n) is 9.87. The maximum atomic E-state index is 12.7. The lowest BCUT2D eigenvalue weighted by atomic mass is 9.69. The number of nitrogens with one attached hydrogen (secondary N) is 2. The molecule has 2 fully saturated rings. The normalized spacial score (nSPS) is 20.2. The zero-order valence-electron chi connectivity index (χ0n) is 19.4. The molecule has 3 aromatic rings. The molecule has 0 aliphatic heterocycles. The topological polar surface area (TPSA) is 125 Å². The number of hydrogen-bond donors (Lipinski definition) is 4. The van der Waals surface area contributed by atoms with Crippen LogP contribution in [0.3, 0.4) is 0 Å². The zero-order chi connectivity index (χ0) is 23.6. The molecule has 1 unspecified atom stereocenters. The average Bonchev–Trinajstić information content (AvgIpc) is 3.28. The predicted molar refractivity (Wildman–Crippen MR) is 127 cm³/mol. The third-order valence-electron chi connectivity index (χ3n) is 7.56. The summed E-state index contributed by atoms with van der Waals surface area (Å²) >= 11 is 0. The summed E-state index contributed by atoms with van der Waals surface area (Å²) in [4.78, 5) is 21.7. The number of aliphatic hydroxyl groups is 2. The molecule has 5 rings (SSSR count). The van der Waals surface area contributed by atoms with Crippen molar-refractivity contribution in [1.82, 2.24) is 24.9 Å². The first-order valence-corrected chi connectivity index (χ1v) is 12.2. The van der Waals surface area contributed by atoms with Crippen LogP contribution in [0, 0.1) is 5.41 Å². The van der Waals surface area contributed by atoms with Crippen LogP contribution in [-0.4, -0.2) is 54.8 Å². The highest BCUT2D eigenvalue weighted by Gasteiger charge is 2.43. The number of H-pyrrole nitrogens is 1. The van der Waals surface area contributed by atoms with E-state index in [9.17, 15) is 15.0 Å². The van der Waals surface area contributed by atoms with Gasteiger partial charge in [-0.05, 0) is 25.7 Å². The maximum absolute atomic E-state index is 12.7. The Morgan fingerprint density at radius 3 is 2.53 bits per heavy atom. The minimum atomic E-state index is -0.850. The Morgan fingerprint density at radius 1 is 1.09 bits per heavy atom. The first-order chi connectivity index (χ1) is 16.5. The molecule has 0 spiro atoms. The van der Waals surface area contributed by atoms with Gasteiger partial charge in [-0.2, -0.15) is 9.50 Å². The summed E-state index contributed by atoms with van der Waals surface area (Å²) in [5, 5.41) is 27.1. The van der Waals surface area contributed by atoms with Crippen molar-refractivity contribution in [1.29, 1.82) is 0 Å². The van der Waals surface area contributed by atoms with Crippen molar-refractivity contribution >= 4 is 5.78 Å². The van der Waals surface area contributed by atoms with Gasteiger partial charge < -0.3 is 14.9 Å². The standard InChI is InChI=1S/C25H33N5O4/c31-17-24(10-7-11-24)16-26-22(33)25(12-5-2-6-13-25)34-15-19-14-20(32)30-23(27-19)28-21(29-30)18-8-3-1-4-9-18/h1,3-4,8-9,14,22,26,31,33H,2,5-7,10-13,15-17H2,(H,27,28,29). The van der Waals surface area contributed by atoms with Crippen LogP contribution in [0.1, 0.15) is 57.1 Å². The molecule has 2 aromatic heterocycles. The predicted octanol–water partition coefficient (Wildman–Crippen LogP) is 2.37. The van der Waals surface area contributed by atoms with E-state index in [4.69, 9.17) is 4.74 Å². The lowest BCUT2D eigenvalue weighted by Gasteiger charge is -2.45. The molecule has 1 aromatic carbocycles. The highest BCUT2D eigenvalue weighted by atomic mass is 16.5. The zero-order valence-corrected chi connectivity index (χ0v) is 19.4. The van der Waals surface area contributed by atoms with Gasteiger partial charge in [-0.3, -0.25) is 15.2 Å². The molecule has 9 nitrogen and oxygen atoms in total. The molecule has 1 atom stereocenters. The highest BCUT2D eigenvalue weighted by Crippen LogP contribution is 2.41. The second-order valence-corrected chi connectivity index (χ2v) is 9.87. The molecule has 4 N–H and O–H groups in total. The van der Waals surface area contributed by atoms with Crippen LogP contribution < -0.4 is 10.9 Å². The maximum Gasteiger partial charge on any atom is 0.274 e. The van der Waals surface area contributed by atoms with E-state index in [1.54, 1.807) is 0 Å². The number of nitrogens with zero attached hydrogens (tertiary/aromatic N) is 3. The van der Waals surface area contributed by atoms with Gasteiger partial charge in [-0.1, -0.05) is 56.0 Å². The van der Waals surface area contributed by atoms with Gasteiger partial charge in [0.05, 0.1) is 12.3 Å². The van der Waals surface area contributed by atoms with Crippen LogP contribution in [0.25, 0.3) is 17.2 Å². The minimum absolute atomic E-state index is 0.114. The molecule has 34 heavy (non-hydrogen) atoms. The molecule has 2 aliphatic rings. The Balaban J connectivity index is 1.32. The van der Waals surface area contributed by atoms with Crippen LogP contribution >= 0.6 is 0 Å². The molecule has 2 saturated carbocycles. The van der Waals surface area contributed by atoms with E-state index in [2.05, 4.69) is 20.4 Å². The van der Waals surface area contributed by atoms with Crippen LogP contribution in [0.4, 0.5) is 0 Å². The van der Waals surface area contributed by atoms with E-state index in [0.717, 1.165) is 56.9 Å². The van der Waals surface area contributed by atoms with Gasteiger partial charge in [0, 0.05) is 30.2 Å². The van der Waals surface area contributed by atoms with Crippen molar-refractivity contribution in [2.24, 2.45) is 5.41 Å². The fourth-order valence-corrected chi connectivity index (χ4v) is 5.16. The first-order valence-electron chi connectivity index (χ1n) is 12.2. The molecule has 2 aliphatic carbocycles. The van der Waals surface area contributed by atoms with Crippen molar-refractivity contribution in [3.05, 3.63) is 52.4 Å². The Hall–Kier alpha value is -2.59. The van der Waals surface area contributed by atoms with Gasteiger partial charge in [-0.15, -0.1) is 0 Å². The number of hydrogen-bond acceptors (Lipinski definition) is 7. The van der Waals surface area contributed by atoms with Gasteiger partial charge in [0.25, 0.3) is 11.3 Å². The van der Waals surface area contributed by atoms with Crippen molar-refractivity contribution in [3.8, 4) is 11.4 Å². The largest absolute Gasteiger partial charge is 0.396 e. The second kappa shape index (κ2) is 9.58. The lowest BCUT2D eigenvalue weighted by Crippen LogP contribution is -2.57.